The van der Waals surface area contributed by atoms with E-state index in [2.05, 4.69) is 26.2 Å². The number of aliphatic hydroxyl groups excluding tert-OH is 1. The minimum absolute atomic E-state index is 0.0733. The fourth-order valence-electron chi connectivity index (χ4n) is 2.51. The van der Waals surface area contributed by atoms with E-state index in [4.69, 9.17) is 4.74 Å². The number of rotatable bonds is 6. The van der Waals surface area contributed by atoms with E-state index in [0.717, 1.165) is 11.3 Å². The fraction of sp³-hybridized carbons (Fsp3) is 0.222. The third kappa shape index (κ3) is 4.59. The molecule has 1 aromatic heterocycles. The summed E-state index contributed by atoms with van der Waals surface area (Å²) in [6.07, 6.45) is 0.661. The highest BCUT2D eigenvalue weighted by atomic mass is 16.5. The highest BCUT2D eigenvalue weighted by molar-refractivity contribution is 5.89. The number of carbonyl (C=O) groups excluding carboxylic acids is 1. The predicted molar refractivity (Wildman–Crippen MR) is 98.9 cm³/mol. The molecular weight excluding hydrogens is 348 g/mol. The van der Waals surface area contributed by atoms with Crippen LogP contribution in [0.2, 0.25) is 0 Å². The van der Waals surface area contributed by atoms with Gasteiger partial charge in [-0.05, 0) is 52.7 Å². The number of tetrazole rings is 1. The van der Waals surface area contributed by atoms with Crippen LogP contribution in [-0.2, 0) is 0 Å². The molecule has 3 aromatic rings. The van der Waals surface area contributed by atoms with Crippen LogP contribution in [-0.4, -0.2) is 45.0 Å². The van der Waals surface area contributed by atoms with Crippen molar-refractivity contribution in [1.29, 1.82) is 0 Å². The molecule has 0 fully saturated rings. The van der Waals surface area contributed by atoms with Gasteiger partial charge >= 0.3 is 6.03 Å². The molecule has 27 heavy (non-hydrogen) atoms. The zero-order valence-electron chi connectivity index (χ0n) is 15.0. The molecule has 9 heteroatoms. The average molecular weight is 368 g/mol. The lowest BCUT2D eigenvalue weighted by atomic mass is 10.1. The van der Waals surface area contributed by atoms with Crippen LogP contribution in [0.4, 0.5) is 10.5 Å². The fourth-order valence-corrected chi connectivity index (χ4v) is 2.51. The number of nitrogens with one attached hydrogen (secondary N) is 2. The Morgan fingerprint density at radius 1 is 1.26 bits per heavy atom. The van der Waals surface area contributed by atoms with Gasteiger partial charge in [-0.15, -0.1) is 5.10 Å². The number of aliphatic hydroxyl groups is 1. The number of aromatic nitrogens is 4. The van der Waals surface area contributed by atoms with Gasteiger partial charge in [0.2, 0.25) is 0 Å². The van der Waals surface area contributed by atoms with Crippen molar-refractivity contribution in [3.8, 4) is 11.4 Å². The van der Waals surface area contributed by atoms with Gasteiger partial charge in [0.25, 0.3) is 0 Å². The van der Waals surface area contributed by atoms with Crippen LogP contribution in [0.5, 0.6) is 5.75 Å². The van der Waals surface area contributed by atoms with Gasteiger partial charge in [0.15, 0.2) is 0 Å². The molecule has 0 aliphatic carbocycles. The monoisotopic (exact) mass is 368 g/mol. The summed E-state index contributed by atoms with van der Waals surface area (Å²) in [6.45, 7) is 2.00. The van der Waals surface area contributed by atoms with Crippen molar-refractivity contribution < 1.29 is 14.6 Å². The normalized spacial score (nSPS) is 11.7. The Labute approximate surface area is 156 Å². The van der Waals surface area contributed by atoms with Crippen molar-refractivity contribution in [1.82, 2.24) is 25.5 Å². The molecule has 2 amide bonds. The van der Waals surface area contributed by atoms with Gasteiger partial charge in [0, 0.05) is 12.2 Å². The quantitative estimate of drug-likeness (QED) is 0.612. The third-order valence-electron chi connectivity index (χ3n) is 4.02. The standard InChI is InChI=1S/C18H20N6O3/c1-12-3-6-14(9-16(12)24-11-20-22-23-24)21-18(26)19-10-17(25)13-4-7-15(27-2)8-5-13/h3-9,11,17,25H,10H2,1-2H3,(H2,19,21,26). The van der Waals surface area contributed by atoms with Crippen LogP contribution in [0.3, 0.4) is 0 Å². The van der Waals surface area contributed by atoms with Gasteiger partial charge in [-0.3, -0.25) is 0 Å². The maximum absolute atomic E-state index is 12.1. The van der Waals surface area contributed by atoms with Crippen LogP contribution in [0, 0.1) is 6.92 Å². The van der Waals surface area contributed by atoms with Gasteiger partial charge in [-0.1, -0.05) is 18.2 Å². The molecule has 0 saturated heterocycles. The maximum atomic E-state index is 12.1. The molecule has 1 unspecified atom stereocenters. The summed E-state index contributed by atoms with van der Waals surface area (Å²) in [5.41, 5.74) is 2.99. The molecule has 0 aliphatic rings. The van der Waals surface area contributed by atoms with Crippen LogP contribution < -0.4 is 15.4 Å². The Kier molecular flexibility index (Phi) is 5.62. The first kappa shape index (κ1) is 18.3. The maximum Gasteiger partial charge on any atom is 0.319 e. The number of anilines is 1. The van der Waals surface area contributed by atoms with Crippen molar-refractivity contribution in [2.75, 3.05) is 19.0 Å². The number of hydrogen-bond acceptors (Lipinski definition) is 6. The van der Waals surface area contributed by atoms with E-state index in [9.17, 15) is 9.90 Å². The number of nitrogens with zero attached hydrogens (tertiary/aromatic N) is 4. The molecule has 0 bridgehead atoms. The zero-order valence-corrected chi connectivity index (χ0v) is 15.0. The number of benzene rings is 2. The zero-order chi connectivity index (χ0) is 19.2. The minimum Gasteiger partial charge on any atom is -0.497 e. The first-order valence-corrected chi connectivity index (χ1v) is 8.27. The van der Waals surface area contributed by atoms with E-state index in [1.165, 1.54) is 11.0 Å². The van der Waals surface area contributed by atoms with Gasteiger partial charge in [-0.2, -0.15) is 0 Å². The van der Waals surface area contributed by atoms with E-state index in [0.29, 0.717) is 17.0 Å². The van der Waals surface area contributed by atoms with E-state index in [-0.39, 0.29) is 6.54 Å². The second kappa shape index (κ2) is 8.28. The first-order valence-electron chi connectivity index (χ1n) is 8.27. The summed E-state index contributed by atoms with van der Waals surface area (Å²) in [5, 5.41) is 26.7. The van der Waals surface area contributed by atoms with Gasteiger partial charge in [0.05, 0.1) is 18.9 Å². The number of hydrogen-bond donors (Lipinski definition) is 3. The molecule has 1 atom stereocenters. The summed E-state index contributed by atoms with van der Waals surface area (Å²) in [7, 11) is 1.58. The van der Waals surface area contributed by atoms with Crippen molar-refractivity contribution in [2.24, 2.45) is 0 Å². The molecule has 0 saturated carbocycles. The largest absolute Gasteiger partial charge is 0.497 e. The molecule has 3 rings (SSSR count). The van der Waals surface area contributed by atoms with Crippen LogP contribution >= 0.6 is 0 Å². The number of urea groups is 1. The topological polar surface area (TPSA) is 114 Å². The smallest absolute Gasteiger partial charge is 0.319 e. The molecule has 1 heterocycles. The van der Waals surface area contributed by atoms with Gasteiger partial charge in [0.1, 0.15) is 12.1 Å². The lowest BCUT2D eigenvalue weighted by Gasteiger charge is -2.14. The molecular formula is C18H20N6O3. The van der Waals surface area contributed by atoms with Crippen molar-refractivity contribution in [3.05, 3.63) is 59.9 Å². The Morgan fingerprint density at radius 2 is 2.04 bits per heavy atom. The minimum atomic E-state index is -0.823. The summed E-state index contributed by atoms with van der Waals surface area (Å²) in [6, 6.07) is 12.0. The van der Waals surface area contributed by atoms with Gasteiger partial charge in [-0.25, -0.2) is 9.48 Å². The Morgan fingerprint density at radius 3 is 2.70 bits per heavy atom. The third-order valence-corrected chi connectivity index (χ3v) is 4.02. The number of amides is 2. The summed E-state index contributed by atoms with van der Waals surface area (Å²) in [5.74, 6) is 0.703. The van der Waals surface area contributed by atoms with E-state index >= 15 is 0 Å². The second-order valence-corrected chi connectivity index (χ2v) is 5.88. The molecule has 9 nitrogen and oxygen atoms in total. The van der Waals surface area contributed by atoms with Crippen molar-refractivity contribution in [2.45, 2.75) is 13.0 Å². The predicted octanol–water partition coefficient (Wildman–Crippen LogP) is 1.83. The SMILES string of the molecule is COc1ccc(C(O)CNC(=O)Nc2ccc(C)c(-n3cnnn3)c2)cc1. The lowest BCUT2D eigenvalue weighted by molar-refractivity contribution is 0.175. The highest BCUT2D eigenvalue weighted by Gasteiger charge is 2.11. The van der Waals surface area contributed by atoms with Crippen LogP contribution in [0.15, 0.2) is 48.8 Å². The molecule has 140 valence electrons. The average Bonchev–Trinajstić information content (AvgIpc) is 3.22. The van der Waals surface area contributed by atoms with E-state index in [1.54, 1.807) is 43.5 Å². The molecule has 0 spiro atoms. The molecule has 0 aliphatic heterocycles. The Bertz CT molecular complexity index is 896. The summed E-state index contributed by atoms with van der Waals surface area (Å²) in [4.78, 5) is 12.1. The Balaban J connectivity index is 1.58. The second-order valence-electron chi connectivity index (χ2n) is 5.88. The molecule has 3 N–H and O–H groups in total. The number of carbonyl (C=O) groups is 1. The Hall–Kier alpha value is -3.46. The van der Waals surface area contributed by atoms with Crippen molar-refractivity contribution >= 4 is 11.7 Å². The van der Waals surface area contributed by atoms with E-state index in [1.807, 2.05) is 13.0 Å². The van der Waals surface area contributed by atoms with E-state index < -0.39 is 12.1 Å². The summed E-state index contributed by atoms with van der Waals surface area (Å²) < 4.78 is 6.60. The number of aryl methyl sites for hydroxylation is 1. The van der Waals surface area contributed by atoms with Crippen molar-refractivity contribution in [3.63, 3.8) is 0 Å². The number of methoxy groups -OCH3 is 1. The first-order chi connectivity index (χ1) is 13.1. The molecule has 2 aromatic carbocycles. The lowest BCUT2D eigenvalue weighted by Crippen LogP contribution is -2.32. The molecule has 0 radical (unpaired) electrons. The van der Waals surface area contributed by atoms with Crippen LogP contribution in [0.1, 0.15) is 17.2 Å². The van der Waals surface area contributed by atoms with Crippen LogP contribution in [0.25, 0.3) is 5.69 Å². The highest BCUT2D eigenvalue weighted by Crippen LogP contribution is 2.19. The summed E-state index contributed by atoms with van der Waals surface area (Å²) >= 11 is 0. The van der Waals surface area contributed by atoms with Gasteiger partial charge < -0.3 is 20.5 Å². The number of ether oxygens (including phenoxy) is 1.